The van der Waals surface area contributed by atoms with Crippen molar-refractivity contribution in [2.24, 2.45) is 5.73 Å². The number of hydrogen-bond acceptors (Lipinski definition) is 9. The third-order valence-electron chi connectivity index (χ3n) is 12.0. The molecule has 340 valence electrons. The first-order valence-corrected chi connectivity index (χ1v) is 21.9. The summed E-state index contributed by atoms with van der Waals surface area (Å²) in [6.07, 6.45) is 1.81. The van der Waals surface area contributed by atoms with E-state index in [1.54, 1.807) is 34.6 Å². The largest absolute Gasteiger partial charge is 0.481 e. The van der Waals surface area contributed by atoms with E-state index in [4.69, 9.17) is 20.4 Å². The van der Waals surface area contributed by atoms with E-state index >= 15 is 0 Å². The number of nitrogens with zero attached hydrogens (tertiary/aromatic N) is 3. The highest BCUT2D eigenvalue weighted by atomic mass is 16.6. The highest BCUT2D eigenvalue weighted by Gasteiger charge is 2.36. The number of rotatable bonds is 15. The second-order valence-corrected chi connectivity index (χ2v) is 17.5. The number of H-pyrrole nitrogens is 2. The Bertz CT molecular complexity index is 2480. The summed E-state index contributed by atoms with van der Waals surface area (Å²) in [7, 11) is 0. The molecular weight excluding hydrogens is 805 g/mol. The number of hydrogen-bond donors (Lipinski definition) is 7. The molecule has 0 aromatic carbocycles. The van der Waals surface area contributed by atoms with E-state index in [9.17, 15) is 34.2 Å². The van der Waals surface area contributed by atoms with Crippen molar-refractivity contribution in [1.82, 2.24) is 35.7 Å². The fraction of sp³-hybridized carbons (Fsp3) is 0.511. The standard InChI is InChI=1S/C47H64N8O8/c1-11-28-24(4)33-21-35-26(6)30(17-18-40(57)58)42(52-35)31(20-39(56)55(13-3)54-44(59)32(48)16-14-15-19-49-46(62)63-47(8,9)10)43-41(45(60)61)27(7)36(53-43)23-38-29(12-2)25(5)34(51-38)22-37(28)50-33/h21-23,26,30,32,50-51H,11-20,48H2,1-10H3,(H,49,62)(H,54,59)(H,57,58)(H,60,61). The van der Waals surface area contributed by atoms with Crippen LogP contribution in [0.1, 0.15) is 150 Å². The molecule has 3 atom stereocenters. The van der Waals surface area contributed by atoms with Gasteiger partial charge in [-0.1, -0.05) is 20.8 Å². The van der Waals surface area contributed by atoms with Crippen molar-refractivity contribution in [3.8, 4) is 0 Å². The molecule has 3 unspecified atom stereocenters. The Labute approximate surface area is 368 Å². The van der Waals surface area contributed by atoms with Crippen molar-refractivity contribution >= 4 is 63.1 Å². The van der Waals surface area contributed by atoms with Crippen LogP contribution in [0.3, 0.4) is 0 Å². The van der Waals surface area contributed by atoms with Crippen molar-refractivity contribution in [2.75, 3.05) is 13.1 Å². The van der Waals surface area contributed by atoms with Gasteiger partial charge in [-0.15, -0.1) is 0 Å². The predicted octanol–water partition coefficient (Wildman–Crippen LogP) is 7.27. The number of alkyl carbamates (subject to hydrolysis) is 1. The second-order valence-electron chi connectivity index (χ2n) is 17.5. The van der Waals surface area contributed by atoms with E-state index in [0.717, 1.165) is 55.8 Å². The van der Waals surface area contributed by atoms with Crippen molar-refractivity contribution < 1.29 is 38.9 Å². The van der Waals surface area contributed by atoms with Gasteiger partial charge in [-0.3, -0.25) is 29.8 Å². The van der Waals surface area contributed by atoms with Crippen molar-refractivity contribution in [3.63, 3.8) is 0 Å². The van der Waals surface area contributed by atoms with Gasteiger partial charge in [0.15, 0.2) is 0 Å². The Hall–Kier alpha value is -6.03. The average molecular weight is 869 g/mol. The molecule has 2 aliphatic heterocycles. The number of likely N-dealkylation sites (N-methyl/N-ethyl adjacent to an activating group) is 1. The van der Waals surface area contributed by atoms with Crippen LogP contribution < -0.4 is 16.5 Å². The zero-order valence-electron chi connectivity index (χ0n) is 38.3. The lowest BCUT2D eigenvalue weighted by Crippen LogP contribution is -2.52. The molecular formula is C47H64N8O8. The van der Waals surface area contributed by atoms with Crippen LogP contribution in [0.5, 0.6) is 0 Å². The van der Waals surface area contributed by atoms with Crippen molar-refractivity contribution in [3.05, 3.63) is 68.8 Å². The second kappa shape index (κ2) is 20.0. The minimum atomic E-state index is -1.25. The number of aliphatic carboxylic acids is 2. The quantitative estimate of drug-likeness (QED) is 0.0591. The molecule has 16 heteroatoms. The number of fused-ring (bicyclic) bond motifs is 8. The zero-order valence-corrected chi connectivity index (χ0v) is 38.3. The number of hydrazine groups is 1. The number of carboxylic acids is 2. The molecule has 0 saturated carbocycles. The normalized spacial score (nSPS) is 15.5. The fourth-order valence-electron chi connectivity index (χ4n) is 8.51. The average Bonchev–Trinajstić information content (AvgIpc) is 3.89. The molecule has 3 aromatic rings. The van der Waals surface area contributed by atoms with Crippen LogP contribution in [0.15, 0.2) is 18.2 Å². The van der Waals surface area contributed by atoms with Gasteiger partial charge in [-0.25, -0.2) is 14.6 Å². The number of carbonyl (C=O) groups is 5. The first-order chi connectivity index (χ1) is 29.7. The lowest BCUT2D eigenvalue weighted by atomic mass is 9.84. The van der Waals surface area contributed by atoms with Crippen molar-refractivity contribution in [1.29, 1.82) is 0 Å². The Morgan fingerprint density at radius 3 is 2.08 bits per heavy atom. The van der Waals surface area contributed by atoms with Gasteiger partial charge >= 0.3 is 18.0 Å². The topological polar surface area (TPSA) is 246 Å². The van der Waals surface area contributed by atoms with Crippen LogP contribution in [-0.4, -0.2) is 89.7 Å². The molecule has 63 heavy (non-hydrogen) atoms. The van der Waals surface area contributed by atoms with Crippen LogP contribution in [0.4, 0.5) is 4.79 Å². The van der Waals surface area contributed by atoms with Gasteiger partial charge in [-0.05, 0) is 133 Å². The number of unbranched alkanes of at least 4 members (excludes halogenated alkanes) is 1. The number of nitrogens with one attached hydrogen (secondary N) is 4. The molecule has 3 aromatic heterocycles. The first kappa shape index (κ1) is 48.0. The van der Waals surface area contributed by atoms with Crippen LogP contribution in [0.25, 0.3) is 33.2 Å². The van der Waals surface area contributed by atoms with Crippen LogP contribution in [0, 0.1) is 13.8 Å². The molecule has 0 spiro atoms. The van der Waals surface area contributed by atoms with Crippen LogP contribution in [0.2, 0.25) is 0 Å². The molecule has 2 aliphatic rings. The number of aromatic amines is 2. The minimum Gasteiger partial charge on any atom is -0.481 e. The number of allylic oxidation sites excluding steroid dienone is 1. The minimum absolute atomic E-state index is 0.0537. The molecule has 8 N–H and O–H groups in total. The third kappa shape index (κ3) is 11.0. The van der Waals surface area contributed by atoms with Gasteiger partial charge in [0.1, 0.15) is 5.60 Å². The maximum atomic E-state index is 14.5. The van der Waals surface area contributed by atoms with E-state index in [-0.39, 0.29) is 48.6 Å². The highest BCUT2D eigenvalue weighted by Crippen LogP contribution is 2.44. The van der Waals surface area contributed by atoms with Gasteiger partial charge < -0.3 is 36.0 Å². The summed E-state index contributed by atoms with van der Waals surface area (Å²) < 4.78 is 5.26. The third-order valence-corrected chi connectivity index (χ3v) is 12.0. The van der Waals surface area contributed by atoms with Gasteiger partial charge in [0.25, 0.3) is 5.91 Å². The molecule has 0 fully saturated rings. The molecule has 16 nitrogen and oxygen atoms in total. The Morgan fingerprint density at radius 1 is 0.889 bits per heavy atom. The monoisotopic (exact) mass is 868 g/mol. The smallest absolute Gasteiger partial charge is 0.407 e. The van der Waals surface area contributed by atoms with Crippen LogP contribution in [-0.2, 0) is 43.2 Å². The number of carbonyl (C=O) groups excluding carboxylic acids is 3. The Kier molecular flexibility index (Phi) is 15.2. The first-order valence-electron chi connectivity index (χ1n) is 21.9. The summed E-state index contributed by atoms with van der Waals surface area (Å²) in [6, 6.07) is 4.93. The van der Waals surface area contributed by atoms with E-state index in [0.29, 0.717) is 48.5 Å². The van der Waals surface area contributed by atoms with E-state index in [1.807, 2.05) is 26.0 Å². The van der Waals surface area contributed by atoms with Gasteiger partial charge in [0, 0.05) is 64.7 Å². The predicted molar refractivity (Wildman–Crippen MR) is 243 cm³/mol. The SMILES string of the molecule is CCc1c(C)c2cc3[nH]c(cc4nc(c(CC(=O)N(CC)NC(=O)C(N)CCCCNC(=O)OC(C)(C)C)c5nc(cc1[nH]2)C(C)=C5C(=O)O)C(CCC(=O)O)C4C)c(C)c3CC. The lowest BCUT2D eigenvalue weighted by molar-refractivity contribution is -0.141. The number of amides is 3. The van der Waals surface area contributed by atoms with Crippen LogP contribution >= 0.6 is 0 Å². The van der Waals surface area contributed by atoms with E-state index in [2.05, 4.69) is 47.5 Å². The maximum Gasteiger partial charge on any atom is 0.407 e. The van der Waals surface area contributed by atoms with Crippen molar-refractivity contribution in [2.45, 2.75) is 144 Å². The fourth-order valence-corrected chi connectivity index (χ4v) is 8.51. The molecule has 0 saturated heterocycles. The number of aromatic nitrogens is 4. The summed E-state index contributed by atoms with van der Waals surface area (Å²) in [5.74, 6) is -4.25. The van der Waals surface area contributed by atoms with E-state index in [1.165, 1.54) is 0 Å². The number of aryl methyl sites for hydroxylation is 4. The Balaban J connectivity index is 1.65. The molecule has 0 radical (unpaired) electrons. The van der Waals surface area contributed by atoms with Gasteiger partial charge in [-0.2, -0.15) is 0 Å². The summed E-state index contributed by atoms with van der Waals surface area (Å²) in [6.45, 7) is 19.3. The molecule has 0 aliphatic carbocycles. The van der Waals surface area contributed by atoms with E-state index < -0.39 is 53.8 Å². The summed E-state index contributed by atoms with van der Waals surface area (Å²) in [5, 5.41) is 24.5. The molecule has 5 heterocycles. The van der Waals surface area contributed by atoms with Gasteiger partial charge in [0.2, 0.25) is 5.91 Å². The molecule has 5 rings (SSSR count). The summed E-state index contributed by atoms with van der Waals surface area (Å²) in [5.41, 5.74) is 18.0. The lowest BCUT2D eigenvalue weighted by Gasteiger charge is -2.25. The van der Waals surface area contributed by atoms with Gasteiger partial charge in [0.05, 0.1) is 35.1 Å². The number of nitrogens with two attached hydrogens (primary N) is 1. The maximum absolute atomic E-state index is 14.5. The number of ether oxygens (including phenoxy) is 1. The summed E-state index contributed by atoms with van der Waals surface area (Å²) >= 11 is 0. The molecule has 3 amide bonds. The molecule has 8 bridgehead atoms. The zero-order chi connectivity index (χ0) is 46.5. The highest BCUT2D eigenvalue weighted by molar-refractivity contribution is 6.24. The number of carboxylic acid groups (broad SMARTS) is 2. The summed E-state index contributed by atoms with van der Waals surface area (Å²) in [4.78, 5) is 82.5. The Morgan fingerprint density at radius 2 is 1.51 bits per heavy atom.